The van der Waals surface area contributed by atoms with Crippen LogP contribution in [-0.4, -0.2) is 28.1 Å². The third-order valence-electron chi connectivity index (χ3n) is 1.97. The third-order valence-corrected chi connectivity index (χ3v) is 2.87. The van der Waals surface area contributed by atoms with Gasteiger partial charge in [0.2, 0.25) is 5.28 Å². The molecule has 1 atom stereocenters. The summed E-state index contributed by atoms with van der Waals surface area (Å²) in [6.45, 7) is 2.00. The molecule has 0 spiro atoms. The Kier molecular flexibility index (Phi) is 5.37. The van der Waals surface area contributed by atoms with Crippen LogP contribution < -0.4 is 5.32 Å². The Morgan fingerprint density at radius 3 is 3.00 bits per heavy atom. The SMILES string of the molecule is CC(Nc1nc(Cl)ncc1Br)N(C)/C=C\S. The molecule has 0 fully saturated rings. The summed E-state index contributed by atoms with van der Waals surface area (Å²) in [6, 6.07) is 0. The van der Waals surface area contributed by atoms with Crippen molar-refractivity contribution in [1.82, 2.24) is 14.9 Å². The topological polar surface area (TPSA) is 41.1 Å². The molecule has 1 rings (SSSR count). The molecule has 1 aromatic rings. The Morgan fingerprint density at radius 1 is 1.69 bits per heavy atom. The first kappa shape index (κ1) is 13.6. The van der Waals surface area contributed by atoms with Gasteiger partial charge in [-0.1, -0.05) is 0 Å². The molecule has 88 valence electrons. The third kappa shape index (κ3) is 3.84. The fraction of sp³-hybridized carbons (Fsp3) is 0.333. The molecule has 1 heterocycles. The van der Waals surface area contributed by atoms with Gasteiger partial charge in [0.15, 0.2) is 0 Å². The zero-order chi connectivity index (χ0) is 12.1. The summed E-state index contributed by atoms with van der Waals surface area (Å²) >= 11 is 13.1. The lowest BCUT2D eigenvalue weighted by molar-refractivity contribution is 0.384. The van der Waals surface area contributed by atoms with Gasteiger partial charge in [0.25, 0.3) is 0 Å². The van der Waals surface area contributed by atoms with Crippen molar-refractivity contribution < 1.29 is 0 Å². The molecule has 16 heavy (non-hydrogen) atoms. The lowest BCUT2D eigenvalue weighted by atomic mass is 10.4. The van der Waals surface area contributed by atoms with E-state index >= 15 is 0 Å². The predicted octanol–water partition coefficient (Wildman–Crippen LogP) is 2.98. The molecule has 1 unspecified atom stereocenters. The Morgan fingerprint density at radius 2 is 2.38 bits per heavy atom. The molecule has 7 heteroatoms. The summed E-state index contributed by atoms with van der Waals surface area (Å²) < 4.78 is 0.770. The minimum atomic E-state index is 0.0608. The van der Waals surface area contributed by atoms with E-state index < -0.39 is 0 Å². The fourth-order valence-corrected chi connectivity index (χ4v) is 1.63. The molecule has 1 N–H and O–H groups in total. The van der Waals surface area contributed by atoms with E-state index in [0.29, 0.717) is 5.82 Å². The molecule has 1 aromatic heterocycles. The van der Waals surface area contributed by atoms with Gasteiger partial charge in [-0.25, -0.2) is 4.98 Å². The summed E-state index contributed by atoms with van der Waals surface area (Å²) in [7, 11) is 1.93. The highest BCUT2D eigenvalue weighted by atomic mass is 79.9. The van der Waals surface area contributed by atoms with Crippen molar-refractivity contribution in [2.75, 3.05) is 12.4 Å². The van der Waals surface area contributed by atoms with Gasteiger partial charge >= 0.3 is 0 Å². The number of rotatable bonds is 4. The zero-order valence-corrected chi connectivity index (χ0v) is 12.1. The minimum Gasteiger partial charge on any atom is -0.360 e. The Balaban J connectivity index is 2.76. The van der Waals surface area contributed by atoms with Gasteiger partial charge in [-0.2, -0.15) is 4.98 Å². The lowest BCUT2D eigenvalue weighted by Gasteiger charge is -2.24. The summed E-state index contributed by atoms with van der Waals surface area (Å²) in [5, 5.41) is 5.07. The Bertz CT molecular complexity index is 388. The van der Waals surface area contributed by atoms with Gasteiger partial charge in [-0.15, -0.1) is 12.6 Å². The molecule has 4 nitrogen and oxygen atoms in total. The summed E-state index contributed by atoms with van der Waals surface area (Å²) in [6.07, 6.45) is 3.52. The van der Waals surface area contributed by atoms with Gasteiger partial charge in [0.05, 0.1) is 10.6 Å². The van der Waals surface area contributed by atoms with E-state index in [0.717, 1.165) is 4.47 Å². The number of halogens is 2. The van der Waals surface area contributed by atoms with E-state index in [-0.39, 0.29) is 11.4 Å². The number of hydrogen-bond acceptors (Lipinski definition) is 5. The Labute approximate surface area is 114 Å². The molecule has 0 bridgehead atoms. The molecule has 0 saturated heterocycles. The van der Waals surface area contributed by atoms with Crippen molar-refractivity contribution >= 4 is 46.0 Å². The summed E-state index contributed by atoms with van der Waals surface area (Å²) in [4.78, 5) is 9.89. The monoisotopic (exact) mass is 322 g/mol. The summed E-state index contributed by atoms with van der Waals surface area (Å²) in [5.74, 6) is 0.659. The van der Waals surface area contributed by atoms with E-state index in [9.17, 15) is 0 Å². The first-order valence-electron chi connectivity index (χ1n) is 4.52. The van der Waals surface area contributed by atoms with E-state index in [1.54, 1.807) is 11.6 Å². The normalized spacial score (nSPS) is 12.8. The van der Waals surface area contributed by atoms with Gasteiger partial charge in [0.1, 0.15) is 5.82 Å². The number of thiol groups is 1. The van der Waals surface area contributed by atoms with Crippen LogP contribution in [0.25, 0.3) is 0 Å². The largest absolute Gasteiger partial charge is 0.360 e. The Hall–Kier alpha value is -0.460. The standard InChI is InChI=1S/C9H12BrClN4S/c1-6(15(2)3-4-16)13-8-7(10)5-12-9(11)14-8/h3-6,16H,1-2H3,(H,12,13,14)/b4-3-. The van der Waals surface area contributed by atoms with Gasteiger partial charge in [0, 0.05) is 19.4 Å². The van der Waals surface area contributed by atoms with Crippen molar-refractivity contribution in [2.24, 2.45) is 0 Å². The lowest BCUT2D eigenvalue weighted by Crippen LogP contribution is -2.31. The maximum absolute atomic E-state index is 5.72. The van der Waals surface area contributed by atoms with Gasteiger partial charge in [-0.05, 0) is 39.9 Å². The first-order valence-corrected chi connectivity index (χ1v) is 6.20. The van der Waals surface area contributed by atoms with Crippen LogP contribution in [-0.2, 0) is 0 Å². The number of aromatic nitrogens is 2. The van der Waals surface area contributed by atoms with Gasteiger partial charge in [-0.3, -0.25) is 0 Å². The molecule has 0 radical (unpaired) electrons. The van der Waals surface area contributed by atoms with Crippen LogP contribution in [0.4, 0.5) is 5.82 Å². The molecular formula is C9H12BrClN4S. The zero-order valence-electron chi connectivity index (χ0n) is 8.85. The van der Waals surface area contributed by atoms with Crippen molar-refractivity contribution in [3.8, 4) is 0 Å². The highest BCUT2D eigenvalue weighted by Crippen LogP contribution is 2.21. The van der Waals surface area contributed by atoms with Crippen LogP contribution in [0.2, 0.25) is 5.28 Å². The van der Waals surface area contributed by atoms with E-state index in [1.165, 1.54) is 0 Å². The molecule has 0 aliphatic carbocycles. The number of nitrogens with one attached hydrogen (secondary N) is 1. The van der Waals surface area contributed by atoms with Crippen LogP contribution >= 0.6 is 40.2 Å². The second-order valence-electron chi connectivity index (χ2n) is 3.12. The van der Waals surface area contributed by atoms with Crippen molar-refractivity contribution in [1.29, 1.82) is 0 Å². The second kappa shape index (κ2) is 6.32. The summed E-state index contributed by atoms with van der Waals surface area (Å²) in [5.41, 5.74) is 0. The highest BCUT2D eigenvalue weighted by Gasteiger charge is 2.09. The van der Waals surface area contributed by atoms with Crippen molar-refractivity contribution in [3.05, 3.63) is 27.6 Å². The molecular weight excluding hydrogens is 312 g/mol. The van der Waals surface area contributed by atoms with Crippen molar-refractivity contribution in [2.45, 2.75) is 13.1 Å². The van der Waals surface area contributed by atoms with Crippen LogP contribution in [0.15, 0.2) is 22.3 Å². The second-order valence-corrected chi connectivity index (χ2v) is 4.61. The molecule has 0 aromatic carbocycles. The average molecular weight is 324 g/mol. The van der Waals surface area contributed by atoms with Crippen LogP contribution in [0, 0.1) is 0 Å². The number of anilines is 1. The quantitative estimate of drug-likeness (QED) is 0.508. The number of nitrogens with zero attached hydrogens (tertiary/aromatic N) is 3. The smallest absolute Gasteiger partial charge is 0.224 e. The maximum atomic E-state index is 5.72. The average Bonchev–Trinajstić information content (AvgIpc) is 2.23. The molecule has 0 aliphatic rings. The van der Waals surface area contributed by atoms with Crippen LogP contribution in [0.1, 0.15) is 6.92 Å². The minimum absolute atomic E-state index is 0.0608. The van der Waals surface area contributed by atoms with E-state index in [1.807, 2.05) is 25.1 Å². The number of hydrogen-bond donors (Lipinski definition) is 2. The molecule has 0 amide bonds. The molecule has 0 saturated carbocycles. The van der Waals surface area contributed by atoms with E-state index in [2.05, 4.69) is 43.8 Å². The van der Waals surface area contributed by atoms with Gasteiger partial charge < -0.3 is 10.2 Å². The molecule has 0 aliphatic heterocycles. The van der Waals surface area contributed by atoms with E-state index in [4.69, 9.17) is 11.6 Å². The fourth-order valence-electron chi connectivity index (χ4n) is 0.981. The first-order chi connectivity index (χ1) is 7.54. The van der Waals surface area contributed by atoms with Crippen LogP contribution in [0.3, 0.4) is 0 Å². The predicted molar refractivity (Wildman–Crippen MR) is 73.7 cm³/mol. The van der Waals surface area contributed by atoms with Crippen molar-refractivity contribution in [3.63, 3.8) is 0 Å². The highest BCUT2D eigenvalue weighted by molar-refractivity contribution is 9.10. The van der Waals surface area contributed by atoms with Crippen LogP contribution in [0.5, 0.6) is 0 Å². The maximum Gasteiger partial charge on any atom is 0.224 e.